The third-order valence-corrected chi connectivity index (χ3v) is 10.3. The largest absolute Gasteiger partial charge is 0.456 e. The average Bonchev–Trinajstić information content (AvgIpc) is 3.73. The molecule has 0 N–H and O–H groups in total. The summed E-state index contributed by atoms with van der Waals surface area (Å²) in [5, 5.41) is 6.87. The van der Waals surface area contributed by atoms with Gasteiger partial charge in [0.1, 0.15) is 11.2 Å². The number of rotatable bonds is 4. The van der Waals surface area contributed by atoms with Crippen LogP contribution < -0.4 is 0 Å². The Kier molecular flexibility index (Phi) is 6.01. The summed E-state index contributed by atoms with van der Waals surface area (Å²) in [5.74, 6) is 1.92. The molecule has 0 aliphatic heterocycles. The van der Waals surface area contributed by atoms with Crippen LogP contribution in [0.1, 0.15) is 0 Å². The van der Waals surface area contributed by atoms with Crippen molar-refractivity contribution < 1.29 is 4.42 Å². The standard InChI is InChI=1S/C43H25N3OS/c1-2-12-27-25-28(24-23-26(27)11-1)41-44-42(46-43(45-41)34-18-10-22-38-40(34)33-16-6-8-21-37(33)48-38)31-14-4-3-13-29(31)30-17-9-20-36-39(30)32-15-5-7-19-35(32)47-36/h1-25H. The highest BCUT2D eigenvalue weighted by Gasteiger charge is 2.20. The van der Waals surface area contributed by atoms with Gasteiger partial charge in [0, 0.05) is 47.6 Å². The molecule has 0 spiro atoms. The Bertz CT molecular complexity index is 2870. The maximum absolute atomic E-state index is 6.28. The number of aromatic nitrogens is 3. The molecule has 5 heteroatoms. The monoisotopic (exact) mass is 631 g/mol. The maximum atomic E-state index is 6.28. The van der Waals surface area contributed by atoms with Gasteiger partial charge >= 0.3 is 0 Å². The summed E-state index contributed by atoms with van der Waals surface area (Å²) in [6.07, 6.45) is 0. The first-order valence-electron chi connectivity index (χ1n) is 15.9. The summed E-state index contributed by atoms with van der Waals surface area (Å²) in [7, 11) is 0. The first-order chi connectivity index (χ1) is 23.8. The van der Waals surface area contributed by atoms with Crippen molar-refractivity contribution in [2.75, 3.05) is 0 Å². The molecule has 0 saturated heterocycles. The van der Waals surface area contributed by atoms with Crippen molar-refractivity contribution in [1.82, 2.24) is 15.0 Å². The fourth-order valence-corrected chi connectivity index (χ4v) is 8.08. The van der Waals surface area contributed by atoms with Crippen molar-refractivity contribution in [3.8, 4) is 45.3 Å². The van der Waals surface area contributed by atoms with Crippen LogP contribution in [0.25, 0.3) is 98.2 Å². The molecule has 10 rings (SSSR count). The number of furan rings is 1. The van der Waals surface area contributed by atoms with Gasteiger partial charge in [-0.2, -0.15) is 0 Å². The molecule has 7 aromatic carbocycles. The molecule has 48 heavy (non-hydrogen) atoms. The zero-order valence-electron chi connectivity index (χ0n) is 25.6. The quantitative estimate of drug-likeness (QED) is 0.194. The molecule has 0 saturated carbocycles. The summed E-state index contributed by atoms with van der Waals surface area (Å²) < 4.78 is 8.73. The number of thiophene rings is 1. The van der Waals surface area contributed by atoms with E-state index in [0.717, 1.165) is 55.1 Å². The molecule has 224 valence electrons. The van der Waals surface area contributed by atoms with Crippen molar-refractivity contribution in [1.29, 1.82) is 0 Å². The highest BCUT2D eigenvalue weighted by atomic mass is 32.1. The van der Waals surface area contributed by atoms with Crippen LogP contribution in [0.5, 0.6) is 0 Å². The van der Waals surface area contributed by atoms with Crippen LogP contribution in [0.2, 0.25) is 0 Å². The Morgan fingerprint density at radius 2 is 1.02 bits per heavy atom. The zero-order valence-corrected chi connectivity index (χ0v) is 26.4. The summed E-state index contributed by atoms with van der Waals surface area (Å²) in [6.45, 7) is 0. The van der Waals surface area contributed by atoms with Crippen LogP contribution in [0.4, 0.5) is 0 Å². The van der Waals surface area contributed by atoms with E-state index in [-0.39, 0.29) is 0 Å². The van der Waals surface area contributed by atoms with E-state index >= 15 is 0 Å². The van der Waals surface area contributed by atoms with Gasteiger partial charge in [-0.25, -0.2) is 15.0 Å². The number of benzene rings is 7. The Balaban J connectivity index is 1.26. The molecule has 0 unspecified atom stereocenters. The molecule has 0 amide bonds. The lowest BCUT2D eigenvalue weighted by Gasteiger charge is -2.13. The zero-order chi connectivity index (χ0) is 31.6. The van der Waals surface area contributed by atoms with Gasteiger partial charge in [-0.1, -0.05) is 121 Å². The number of hydrogen-bond donors (Lipinski definition) is 0. The Morgan fingerprint density at radius 1 is 0.396 bits per heavy atom. The molecule has 4 nitrogen and oxygen atoms in total. The minimum Gasteiger partial charge on any atom is -0.456 e. The first kappa shape index (κ1) is 27.0. The molecule has 0 bridgehead atoms. The van der Waals surface area contributed by atoms with Gasteiger partial charge in [-0.15, -0.1) is 11.3 Å². The predicted molar refractivity (Wildman–Crippen MR) is 199 cm³/mol. The van der Waals surface area contributed by atoms with E-state index in [1.807, 2.05) is 18.2 Å². The van der Waals surface area contributed by atoms with E-state index in [0.29, 0.717) is 17.5 Å². The molecule has 0 aliphatic carbocycles. The topological polar surface area (TPSA) is 51.8 Å². The normalized spacial score (nSPS) is 11.8. The van der Waals surface area contributed by atoms with Crippen LogP contribution in [0.3, 0.4) is 0 Å². The van der Waals surface area contributed by atoms with E-state index in [9.17, 15) is 0 Å². The number of hydrogen-bond acceptors (Lipinski definition) is 5. The van der Waals surface area contributed by atoms with Crippen LogP contribution in [0.15, 0.2) is 156 Å². The lowest BCUT2D eigenvalue weighted by Crippen LogP contribution is -2.01. The van der Waals surface area contributed by atoms with Crippen LogP contribution in [0, 0.1) is 0 Å². The third-order valence-electron chi connectivity index (χ3n) is 9.15. The molecule has 10 aromatic rings. The predicted octanol–water partition coefficient (Wildman–Crippen LogP) is 12.0. The molecule has 3 aromatic heterocycles. The smallest absolute Gasteiger partial charge is 0.164 e. The highest BCUT2D eigenvalue weighted by molar-refractivity contribution is 7.25. The fraction of sp³-hybridized carbons (Fsp3) is 0. The van der Waals surface area contributed by atoms with Crippen molar-refractivity contribution in [3.05, 3.63) is 152 Å². The molecular formula is C43H25N3OS. The number of para-hydroxylation sites is 1. The Labute approximate surface area is 279 Å². The average molecular weight is 632 g/mol. The lowest BCUT2D eigenvalue weighted by molar-refractivity contribution is 0.669. The SMILES string of the molecule is c1ccc(-c2cccc3oc4ccccc4c23)c(-c2nc(-c3ccc4ccccc4c3)nc(-c3cccc4sc5ccccc5c34)n2)c1. The van der Waals surface area contributed by atoms with E-state index in [4.69, 9.17) is 19.4 Å². The minimum absolute atomic E-state index is 0.625. The molecule has 0 fully saturated rings. The summed E-state index contributed by atoms with van der Waals surface area (Å²) >= 11 is 1.80. The second kappa shape index (κ2) is 10.7. The van der Waals surface area contributed by atoms with Crippen molar-refractivity contribution in [3.63, 3.8) is 0 Å². The lowest BCUT2D eigenvalue weighted by atomic mass is 9.95. The molecular weight excluding hydrogens is 607 g/mol. The van der Waals surface area contributed by atoms with Gasteiger partial charge in [0.05, 0.1) is 0 Å². The van der Waals surface area contributed by atoms with E-state index in [1.54, 1.807) is 11.3 Å². The van der Waals surface area contributed by atoms with Crippen LogP contribution in [-0.4, -0.2) is 15.0 Å². The summed E-state index contributed by atoms with van der Waals surface area (Å²) in [6, 6.07) is 52.6. The van der Waals surface area contributed by atoms with Gasteiger partial charge in [-0.05, 0) is 52.2 Å². The van der Waals surface area contributed by atoms with Gasteiger partial charge < -0.3 is 4.42 Å². The van der Waals surface area contributed by atoms with Crippen LogP contribution in [-0.2, 0) is 0 Å². The van der Waals surface area contributed by atoms with Gasteiger partial charge in [-0.3, -0.25) is 0 Å². The second-order valence-corrected chi connectivity index (χ2v) is 13.1. The van der Waals surface area contributed by atoms with Gasteiger partial charge in [0.15, 0.2) is 17.5 Å². The second-order valence-electron chi connectivity index (χ2n) is 12.0. The maximum Gasteiger partial charge on any atom is 0.164 e. The summed E-state index contributed by atoms with van der Waals surface area (Å²) in [4.78, 5) is 15.7. The Morgan fingerprint density at radius 3 is 1.94 bits per heavy atom. The van der Waals surface area contributed by atoms with Crippen molar-refractivity contribution in [2.24, 2.45) is 0 Å². The summed E-state index contributed by atoms with van der Waals surface area (Å²) in [5.41, 5.74) is 6.71. The number of nitrogens with zero attached hydrogens (tertiary/aromatic N) is 3. The fourth-order valence-electron chi connectivity index (χ4n) is 6.95. The molecule has 0 aliphatic rings. The van der Waals surface area contributed by atoms with Gasteiger partial charge in [0.2, 0.25) is 0 Å². The van der Waals surface area contributed by atoms with E-state index in [2.05, 4.69) is 133 Å². The molecule has 0 atom stereocenters. The molecule has 0 radical (unpaired) electrons. The van der Waals surface area contributed by atoms with Crippen LogP contribution >= 0.6 is 11.3 Å². The van der Waals surface area contributed by atoms with Gasteiger partial charge in [0.25, 0.3) is 0 Å². The van der Waals surface area contributed by atoms with Crippen molar-refractivity contribution in [2.45, 2.75) is 0 Å². The Hall–Kier alpha value is -6.17. The molecule has 3 heterocycles. The minimum atomic E-state index is 0.625. The number of fused-ring (bicyclic) bond motifs is 7. The van der Waals surface area contributed by atoms with E-state index < -0.39 is 0 Å². The first-order valence-corrected chi connectivity index (χ1v) is 16.8. The third kappa shape index (κ3) is 4.25. The van der Waals surface area contributed by atoms with E-state index in [1.165, 1.54) is 25.6 Å². The highest BCUT2D eigenvalue weighted by Crippen LogP contribution is 2.42. The van der Waals surface area contributed by atoms with Crippen molar-refractivity contribution >= 4 is 64.2 Å².